The van der Waals surface area contributed by atoms with Crippen LogP contribution in [-0.4, -0.2) is 34.5 Å². The monoisotopic (exact) mass is 424 g/mol. The van der Waals surface area contributed by atoms with Gasteiger partial charge in [-0.25, -0.2) is 0 Å². The van der Waals surface area contributed by atoms with Crippen LogP contribution in [0.4, 0.5) is 0 Å². The van der Waals surface area contributed by atoms with Crippen molar-refractivity contribution in [1.29, 1.82) is 0 Å². The molecule has 1 aliphatic carbocycles. The molecule has 2 N–H and O–H groups in total. The van der Waals surface area contributed by atoms with E-state index >= 15 is 0 Å². The molecule has 2 unspecified atom stereocenters. The van der Waals surface area contributed by atoms with Gasteiger partial charge >= 0.3 is 5.97 Å². The molecule has 0 amide bonds. The van der Waals surface area contributed by atoms with Crippen LogP contribution >= 0.6 is 0 Å². The highest BCUT2D eigenvalue weighted by Gasteiger charge is 2.33. The van der Waals surface area contributed by atoms with Gasteiger partial charge < -0.3 is 14.9 Å². The van der Waals surface area contributed by atoms with Gasteiger partial charge in [0.25, 0.3) is 0 Å². The lowest BCUT2D eigenvalue weighted by atomic mass is 9.79. The summed E-state index contributed by atoms with van der Waals surface area (Å²) in [5.74, 6) is 0.434. The maximum Gasteiger partial charge on any atom is 0.305 e. The minimum atomic E-state index is -0.623. The first-order chi connectivity index (χ1) is 14.4. The van der Waals surface area contributed by atoms with Crippen molar-refractivity contribution in [2.45, 2.75) is 129 Å². The topological polar surface area (TPSA) is 66.8 Å². The normalized spacial score (nSPS) is 23.5. The average Bonchev–Trinajstić information content (AvgIpc) is 3.08. The van der Waals surface area contributed by atoms with Crippen LogP contribution in [0.25, 0.3) is 0 Å². The molecule has 4 nitrogen and oxygen atoms in total. The fourth-order valence-electron chi connectivity index (χ4n) is 4.72. The van der Waals surface area contributed by atoms with Crippen molar-refractivity contribution in [1.82, 2.24) is 0 Å². The Hall–Kier alpha value is -0.870. The summed E-state index contributed by atoms with van der Waals surface area (Å²) in [6, 6.07) is 0. The Kier molecular flexibility index (Phi) is 13.6. The average molecular weight is 425 g/mol. The van der Waals surface area contributed by atoms with Gasteiger partial charge in [0.05, 0.1) is 18.3 Å². The fraction of sp³-hybridized carbons (Fsp3) is 0.885. The Morgan fingerprint density at radius 2 is 1.90 bits per heavy atom. The number of unbranched alkanes of at least 4 members (excludes halogenated alkanes) is 5. The Bertz CT molecular complexity index is 501. The van der Waals surface area contributed by atoms with E-state index in [9.17, 15) is 15.0 Å². The van der Waals surface area contributed by atoms with Crippen LogP contribution in [0, 0.1) is 11.8 Å². The number of esters is 1. The molecule has 176 valence electrons. The molecule has 4 heteroatoms. The minimum absolute atomic E-state index is 0.0957. The molecule has 0 heterocycles. The van der Waals surface area contributed by atoms with Crippen LogP contribution in [0.2, 0.25) is 0 Å². The molecule has 0 aliphatic heterocycles. The van der Waals surface area contributed by atoms with E-state index in [1.165, 1.54) is 18.4 Å². The summed E-state index contributed by atoms with van der Waals surface area (Å²) in [6.45, 7) is 8.82. The van der Waals surface area contributed by atoms with E-state index in [0.717, 1.165) is 64.2 Å². The Labute approximate surface area is 185 Å². The highest BCUT2D eigenvalue weighted by molar-refractivity contribution is 5.69. The number of carbonyl (C=O) groups excluding carboxylic acids is 1. The fourth-order valence-corrected chi connectivity index (χ4v) is 4.72. The summed E-state index contributed by atoms with van der Waals surface area (Å²) < 4.78 is 4.97. The molecular formula is C26H48O4. The van der Waals surface area contributed by atoms with Gasteiger partial charge in [-0.1, -0.05) is 77.4 Å². The van der Waals surface area contributed by atoms with Crippen molar-refractivity contribution in [3.63, 3.8) is 0 Å². The van der Waals surface area contributed by atoms with Crippen LogP contribution in [0.1, 0.15) is 118 Å². The maximum atomic E-state index is 11.4. The van der Waals surface area contributed by atoms with Crippen molar-refractivity contribution in [2.24, 2.45) is 11.8 Å². The van der Waals surface area contributed by atoms with E-state index in [2.05, 4.69) is 26.8 Å². The van der Waals surface area contributed by atoms with Gasteiger partial charge in [-0.15, -0.1) is 0 Å². The molecule has 1 aliphatic rings. The first-order valence-electron chi connectivity index (χ1n) is 12.6. The lowest BCUT2D eigenvalue weighted by Gasteiger charge is -2.33. The number of carbonyl (C=O) groups is 1. The minimum Gasteiger partial charge on any atom is -0.466 e. The molecular weight excluding hydrogens is 376 g/mol. The molecule has 1 rings (SSSR count). The predicted molar refractivity (Wildman–Crippen MR) is 124 cm³/mol. The van der Waals surface area contributed by atoms with Gasteiger partial charge in [-0.2, -0.15) is 0 Å². The van der Waals surface area contributed by atoms with Crippen LogP contribution < -0.4 is 0 Å². The lowest BCUT2D eigenvalue weighted by Crippen LogP contribution is -2.35. The second-order valence-corrected chi connectivity index (χ2v) is 9.32. The molecule has 0 radical (unpaired) electrons. The SMILES string of the molecule is CCCCCC(O)(CC=C1CC[C@@H](O)[C@@H]1CCCCCCC(=O)OCC)C(C)CC. The zero-order valence-electron chi connectivity index (χ0n) is 20.1. The second kappa shape index (κ2) is 15.0. The molecule has 1 fully saturated rings. The molecule has 0 aromatic carbocycles. The summed E-state index contributed by atoms with van der Waals surface area (Å²) in [6.07, 6.45) is 15.4. The summed E-state index contributed by atoms with van der Waals surface area (Å²) in [4.78, 5) is 11.4. The van der Waals surface area contributed by atoms with Crippen molar-refractivity contribution in [2.75, 3.05) is 6.61 Å². The number of rotatable bonds is 16. The largest absolute Gasteiger partial charge is 0.466 e. The summed E-state index contributed by atoms with van der Waals surface area (Å²) in [7, 11) is 0. The molecule has 0 aromatic rings. The zero-order valence-corrected chi connectivity index (χ0v) is 20.1. The van der Waals surface area contributed by atoms with Gasteiger partial charge in [0, 0.05) is 12.3 Å². The van der Waals surface area contributed by atoms with Crippen molar-refractivity contribution in [3.05, 3.63) is 11.6 Å². The number of hydrogen-bond donors (Lipinski definition) is 2. The quantitative estimate of drug-likeness (QED) is 0.172. The van der Waals surface area contributed by atoms with Gasteiger partial charge in [0.15, 0.2) is 0 Å². The van der Waals surface area contributed by atoms with Crippen LogP contribution in [0.5, 0.6) is 0 Å². The number of aliphatic hydroxyl groups excluding tert-OH is 1. The van der Waals surface area contributed by atoms with Crippen LogP contribution in [0.15, 0.2) is 11.6 Å². The summed E-state index contributed by atoms with van der Waals surface area (Å²) >= 11 is 0. The summed E-state index contributed by atoms with van der Waals surface area (Å²) in [5.41, 5.74) is 0.730. The third-order valence-corrected chi connectivity index (χ3v) is 7.08. The van der Waals surface area contributed by atoms with E-state index in [0.29, 0.717) is 19.4 Å². The Morgan fingerprint density at radius 1 is 1.17 bits per heavy atom. The van der Waals surface area contributed by atoms with Gasteiger partial charge in [0.1, 0.15) is 0 Å². The molecule has 0 aromatic heterocycles. The molecule has 0 spiro atoms. The standard InChI is InChI=1S/C26H48O4/c1-5-8-13-19-26(29,21(4)6-2)20-18-22-16-17-24(27)23(22)14-11-9-10-12-15-25(28)30-7-3/h18,21,23-24,27,29H,5-17,19-20H2,1-4H3/t21?,23-,24-,26?/m1/s1. The van der Waals surface area contributed by atoms with Crippen molar-refractivity contribution in [3.8, 4) is 0 Å². The predicted octanol–water partition coefficient (Wildman–Crippen LogP) is 6.34. The lowest BCUT2D eigenvalue weighted by molar-refractivity contribution is -0.143. The molecule has 0 saturated heterocycles. The highest BCUT2D eigenvalue weighted by atomic mass is 16.5. The number of aliphatic hydroxyl groups is 2. The van der Waals surface area contributed by atoms with Gasteiger partial charge in [0.2, 0.25) is 0 Å². The van der Waals surface area contributed by atoms with Crippen LogP contribution in [0.3, 0.4) is 0 Å². The first-order valence-corrected chi connectivity index (χ1v) is 12.6. The Morgan fingerprint density at radius 3 is 2.57 bits per heavy atom. The van der Waals surface area contributed by atoms with E-state index in [-0.39, 0.29) is 23.9 Å². The third-order valence-electron chi connectivity index (χ3n) is 7.08. The van der Waals surface area contributed by atoms with E-state index in [4.69, 9.17) is 4.74 Å². The zero-order chi connectivity index (χ0) is 22.4. The molecule has 0 bridgehead atoms. The summed E-state index contributed by atoms with van der Waals surface area (Å²) in [5, 5.41) is 21.8. The first kappa shape index (κ1) is 27.2. The highest BCUT2D eigenvalue weighted by Crippen LogP contribution is 2.38. The van der Waals surface area contributed by atoms with E-state index in [1.54, 1.807) is 0 Å². The molecule has 4 atom stereocenters. The third kappa shape index (κ3) is 9.51. The van der Waals surface area contributed by atoms with Gasteiger partial charge in [-0.05, 0) is 51.4 Å². The number of hydrogen-bond acceptors (Lipinski definition) is 4. The van der Waals surface area contributed by atoms with E-state index < -0.39 is 5.60 Å². The maximum absolute atomic E-state index is 11.4. The van der Waals surface area contributed by atoms with Crippen molar-refractivity contribution < 1.29 is 19.7 Å². The molecule has 1 saturated carbocycles. The van der Waals surface area contributed by atoms with Gasteiger partial charge in [-0.3, -0.25) is 4.79 Å². The van der Waals surface area contributed by atoms with Crippen LogP contribution in [-0.2, 0) is 9.53 Å². The van der Waals surface area contributed by atoms with E-state index in [1.807, 2.05) is 6.92 Å². The second-order valence-electron chi connectivity index (χ2n) is 9.32. The van der Waals surface area contributed by atoms with Crippen molar-refractivity contribution >= 4 is 5.97 Å². The Balaban J connectivity index is 2.52. The molecule has 30 heavy (non-hydrogen) atoms. The number of ether oxygens (including phenoxy) is 1. The smallest absolute Gasteiger partial charge is 0.305 e.